The number of nitrogens with zero attached hydrogens (tertiary/aromatic N) is 1. The summed E-state index contributed by atoms with van der Waals surface area (Å²) in [6.07, 6.45) is -5.15. The lowest BCUT2D eigenvalue weighted by molar-refractivity contribution is -0.270. The van der Waals surface area contributed by atoms with E-state index in [-0.39, 0.29) is 13.2 Å². The summed E-state index contributed by atoms with van der Waals surface area (Å²) in [4.78, 5) is 25.0. The van der Waals surface area contributed by atoms with Crippen molar-refractivity contribution in [3.8, 4) is 0 Å². The quantitative estimate of drug-likeness (QED) is 0.327. The molecule has 10 heteroatoms. The minimum Gasteiger partial charge on any atom is -0.445 e. The zero-order chi connectivity index (χ0) is 22.1. The van der Waals surface area contributed by atoms with Crippen molar-refractivity contribution < 1.29 is 39.5 Å². The van der Waals surface area contributed by atoms with Crippen LogP contribution in [0.25, 0.3) is 0 Å². The van der Waals surface area contributed by atoms with Crippen molar-refractivity contribution >= 4 is 12.0 Å². The number of aliphatic hydroxyl groups excluding tert-OH is 4. The average Bonchev–Trinajstić information content (AvgIpc) is 2.73. The van der Waals surface area contributed by atoms with Gasteiger partial charge in [-0.25, -0.2) is 4.79 Å². The molecule has 30 heavy (non-hydrogen) atoms. The predicted octanol–water partition coefficient (Wildman–Crippen LogP) is -0.659. The lowest BCUT2D eigenvalue weighted by Gasteiger charge is -2.44. The van der Waals surface area contributed by atoms with E-state index in [1.54, 1.807) is 0 Å². The molecule has 0 spiro atoms. The van der Waals surface area contributed by atoms with Crippen LogP contribution in [0.15, 0.2) is 30.3 Å². The number of benzene rings is 1. The maximum Gasteiger partial charge on any atom is 0.407 e. The molecule has 5 atom stereocenters. The molecule has 5 N–H and O–H groups in total. The third-order valence-corrected chi connectivity index (χ3v) is 4.94. The summed E-state index contributed by atoms with van der Waals surface area (Å²) in [7, 11) is 0. The first-order valence-electron chi connectivity index (χ1n) is 9.87. The van der Waals surface area contributed by atoms with Gasteiger partial charge in [-0.2, -0.15) is 0 Å². The van der Waals surface area contributed by atoms with Crippen molar-refractivity contribution in [2.75, 3.05) is 19.7 Å². The molecule has 1 aliphatic heterocycles. The van der Waals surface area contributed by atoms with Crippen LogP contribution < -0.4 is 5.32 Å². The van der Waals surface area contributed by atoms with Crippen molar-refractivity contribution in [1.29, 1.82) is 0 Å². The van der Waals surface area contributed by atoms with Gasteiger partial charge >= 0.3 is 6.09 Å². The van der Waals surface area contributed by atoms with Crippen LogP contribution >= 0.6 is 0 Å². The fourth-order valence-electron chi connectivity index (χ4n) is 3.31. The highest BCUT2D eigenvalue weighted by atomic mass is 16.6. The first-order chi connectivity index (χ1) is 14.3. The molecule has 0 aliphatic carbocycles. The highest BCUT2D eigenvalue weighted by Gasteiger charge is 2.46. The minimum atomic E-state index is -1.55. The van der Waals surface area contributed by atoms with E-state index >= 15 is 0 Å². The maximum atomic E-state index is 12.0. The van der Waals surface area contributed by atoms with Crippen LogP contribution in [-0.4, -0.2) is 87.7 Å². The van der Waals surface area contributed by atoms with Gasteiger partial charge in [0.25, 0.3) is 0 Å². The predicted molar refractivity (Wildman–Crippen MR) is 105 cm³/mol. The summed E-state index contributed by atoms with van der Waals surface area (Å²) in [5.41, 5.74) is 0.877. The van der Waals surface area contributed by atoms with Crippen molar-refractivity contribution in [2.24, 2.45) is 0 Å². The molecule has 0 radical (unpaired) electrons. The number of hydrogen-bond donors (Lipinski definition) is 5. The number of ether oxygens (including phenoxy) is 2. The lowest BCUT2D eigenvalue weighted by atomic mass is 9.95. The molecule has 1 aromatic rings. The van der Waals surface area contributed by atoms with E-state index < -0.39 is 49.3 Å². The molecule has 168 valence electrons. The Bertz CT molecular complexity index is 674. The Morgan fingerprint density at radius 2 is 1.83 bits per heavy atom. The second-order valence-corrected chi connectivity index (χ2v) is 7.13. The fourth-order valence-corrected chi connectivity index (χ4v) is 3.31. The van der Waals surface area contributed by atoms with E-state index in [0.29, 0.717) is 19.4 Å². The highest BCUT2D eigenvalue weighted by Crippen LogP contribution is 2.24. The lowest BCUT2D eigenvalue weighted by Crippen LogP contribution is -2.65. The number of hydrogen-bond acceptors (Lipinski definition) is 8. The van der Waals surface area contributed by atoms with Crippen LogP contribution in [0, 0.1) is 0 Å². The van der Waals surface area contributed by atoms with Crippen molar-refractivity contribution in [3.63, 3.8) is 0 Å². The molecule has 1 saturated heterocycles. The molecule has 1 aromatic carbocycles. The van der Waals surface area contributed by atoms with Gasteiger partial charge in [0.2, 0.25) is 5.91 Å². The van der Waals surface area contributed by atoms with E-state index in [9.17, 15) is 24.9 Å². The smallest absolute Gasteiger partial charge is 0.407 e. The maximum absolute atomic E-state index is 12.0. The van der Waals surface area contributed by atoms with Gasteiger partial charge in [0.1, 0.15) is 31.0 Å². The van der Waals surface area contributed by atoms with Gasteiger partial charge < -0.3 is 40.1 Å². The summed E-state index contributed by atoms with van der Waals surface area (Å²) >= 11 is 0. The van der Waals surface area contributed by atoms with Gasteiger partial charge in [-0.1, -0.05) is 30.3 Å². The molecule has 0 saturated carbocycles. The number of unbranched alkanes of at least 4 members (excludes halogenated alkanes) is 1. The number of carbonyl (C=O) groups is 2. The van der Waals surface area contributed by atoms with E-state index in [0.717, 1.165) is 5.56 Å². The molecule has 1 aliphatic rings. The van der Waals surface area contributed by atoms with Crippen molar-refractivity contribution in [1.82, 2.24) is 10.2 Å². The van der Waals surface area contributed by atoms with Gasteiger partial charge in [-0.3, -0.25) is 4.79 Å². The summed E-state index contributed by atoms with van der Waals surface area (Å²) in [6, 6.07) is 8.11. The molecule has 1 heterocycles. The van der Waals surface area contributed by atoms with E-state index in [2.05, 4.69) is 5.32 Å². The zero-order valence-corrected chi connectivity index (χ0v) is 16.9. The number of aliphatic hydroxyl groups is 4. The fraction of sp³-hybridized carbons (Fsp3) is 0.600. The summed E-state index contributed by atoms with van der Waals surface area (Å²) in [5.74, 6) is -0.411. The number of alkyl carbamates (subject to hydrolysis) is 1. The monoisotopic (exact) mass is 426 g/mol. The van der Waals surface area contributed by atoms with Crippen molar-refractivity contribution in [2.45, 2.75) is 57.0 Å². The Morgan fingerprint density at radius 3 is 2.47 bits per heavy atom. The standard InChI is InChI=1S/C20H30N2O8/c1-13(24)22(16-18(26)17(25)15(11-23)30-19(16)27)10-6-5-9-21-20(28)29-12-14-7-3-2-4-8-14/h2-4,7-8,15-19,23,25-27H,5-6,9-12H2,1H3,(H,21,28)/t15-,16-,17+,18-,19-/m1/s1. The third kappa shape index (κ3) is 6.64. The van der Waals surface area contributed by atoms with Gasteiger partial charge in [-0.05, 0) is 18.4 Å². The van der Waals surface area contributed by atoms with Gasteiger partial charge in [0.05, 0.1) is 6.61 Å². The molecular formula is C20H30N2O8. The summed E-state index contributed by atoms with van der Waals surface area (Å²) < 4.78 is 10.2. The second kappa shape index (κ2) is 11.8. The molecule has 0 aromatic heterocycles. The van der Waals surface area contributed by atoms with E-state index in [4.69, 9.17) is 14.6 Å². The van der Waals surface area contributed by atoms with Gasteiger partial charge in [-0.15, -0.1) is 0 Å². The zero-order valence-electron chi connectivity index (χ0n) is 16.9. The number of nitrogens with one attached hydrogen (secondary N) is 1. The molecule has 1 fully saturated rings. The average molecular weight is 426 g/mol. The normalized spacial score (nSPS) is 26.1. The van der Waals surface area contributed by atoms with E-state index in [1.807, 2.05) is 30.3 Å². The Hall–Kier alpha value is -2.24. The largest absolute Gasteiger partial charge is 0.445 e. The Morgan fingerprint density at radius 1 is 1.13 bits per heavy atom. The van der Waals surface area contributed by atoms with Crippen LogP contribution in [0.3, 0.4) is 0 Å². The van der Waals surface area contributed by atoms with Gasteiger partial charge in [0, 0.05) is 20.0 Å². The van der Waals surface area contributed by atoms with Crippen LogP contribution in [0.1, 0.15) is 25.3 Å². The minimum absolute atomic E-state index is 0.166. The Labute approximate surface area is 175 Å². The SMILES string of the molecule is CC(=O)N(CCCCNC(=O)OCc1ccccc1)[C@@H]1[C@@H](O)[C@@H](O)[C@@H](CO)O[C@H]1O. The molecule has 0 unspecified atom stereocenters. The highest BCUT2D eigenvalue weighted by molar-refractivity contribution is 5.73. The first kappa shape index (κ1) is 24.0. The third-order valence-electron chi connectivity index (χ3n) is 4.94. The van der Waals surface area contributed by atoms with Crippen LogP contribution in [0.5, 0.6) is 0 Å². The summed E-state index contributed by atoms with van der Waals surface area (Å²) in [6.45, 7) is 1.37. The topological polar surface area (TPSA) is 149 Å². The van der Waals surface area contributed by atoms with Crippen molar-refractivity contribution in [3.05, 3.63) is 35.9 Å². The summed E-state index contributed by atoms with van der Waals surface area (Å²) in [5, 5.41) is 42.2. The van der Waals surface area contributed by atoms with Crippen LogP contribution in [0.2, 0.25) is 0 Å². The molecular weight excluding hydrogens is 396 g/mol. The molecule has 0 bridgehead atoms. The second-order valence-electron chi connectivity index (χ2n) is 7.13. The Kier molecular flexibility index (Phi) is 9.47. The van der Waals surface area contributed by atoms with Gasteiger partial charge in [0.15, 0.2) is 6.29 Å². The first-order valence-corrected chi connectivity index (χ1v) is 9.87. The molecule has 2 amide bonds. The molecule has 10 nitrogen and oxygen atoms in total. The van der Waals surface area contributed by atoms with E-state index in [1.165, 1.54) is 11.8 Å². The number of amides is 2. The molecule has 2 rings (SSSR count). The Balaban J connectivity index is 1.74. The number of carbonyl (C=O) groups excluding carboxylic acids is 2. The number of rotatable bonds is 9. The van der Waals surface area contributed by atoms with Crippen LogP contribution in [-0.2, 0) is 20.9 Å². The van der Waals surface area contributed by atoms with Crippen LogP contribution in [0.4, 0.5) is 4.79 Å².